The molecule has 1 rings (SSSR count). The molecule has 6 nitrogen and oxygen atoms in total. The predicted octanol–water partition coefficient (Wildman–Crippen LogP) is 2.96. The Labute approximate surface area is 137 Å². The fourth-order valence-electron chi connectivity index (χ4n) is 2.56. The number of esters is 1. The van der Waals surface area contributed by atoms with Crippen LogP contribution in [0, 0.1) is 0 Å². The fraction of sp³-hybridized carbons (Fsp3) is 0.765. The highest BCUT2D eigenvalue weighted by Crippen LogP contribution is 2.11. The lowest BCUT2D eigenvalue weighted by atomic mass is 10.1. The molecule has 0 spiro atoms. The number of aromatic nitrogens is 2. The van der Waals surface area contributed by atoms with Crippen molar-refractivity contribution >= 4 is 5.97 Å². The number of carbonyl (C=O) groups excluding carboxylic acids is 1. The molecule has 0 fully saturated rings. The second-order valence-corrected chi connectivity index (χ2v) is 5.98. The van der Waals surface area contributed by atoms with E-state index < -0.39 is 6.29 Å². The van der Waals surface area contributed by atoms with Crippen molar-refractivity contribution in [1.82, 2.24) is 9.55 Å². The quantitative estimate of drug-likeness (QED) is 0.331. The molecule has 0 aliphatic heterocycles. The zero-order chi connectivity index (χ0) is 16.9. The highest BCUT2D eigenvalue weighted by molar-refractivity contribution is 5.69. The van der Waals surface area contributed by atoms with Crippen LogP contribution in [0.3, 0.4) is 0 Å². The topological polar surface area (TPSA) is 84.3 Å². The SMILES string of the molecule is CC(O)OC(=O)CCCCCCCCCCCn1cc[nH]c1=O. The van der Waals surface area contributed by atoms with Gasteiger partial charge in [0.2, 0.25) is 0 Å². The summed E-state index contributed by atoms with van der Waals surface area (Å²) < 4.78 is 6.37. The zero-order valence-corrected chi connectivity index (χ0v) is 14.1. The molecule has 0 aliphatic rings. The third-order valence-corrected chi connectivity index (χ3v) is 3.80. The van der Waals surface area contributed by atoms with Gasteiger partial charge in [-0.1, -0.05) is 44.9 Å². The van der Waals surface area contributed by atoms with Crippen LogP contribution in [0.2, 0.25) is 0 Å². The van der Waals surface area contributed by atoms with Gasteiger partial charge in [-0.3, -0.25) is 9.36 Å². The van der Waals surface area contributed by atoms with Crippen LogP contribution in [-0.2, 0) is 16.1 Å². The number of H-pyrrole nitrogens is 1. The van der Waals surface area contributed by atoms with Crippen LogP contribution in [-0.4, -0.2) is 26.9 Å². The van der Waals surface area contributed by atoms with Gasteiger partial charge in [0.1, 0.15) is 0 Å². The van der Waals surface area contributed by atoms with Crippen LogP contribution in [0.1, 0.15) is 71.1 Å². The maximum atomic E-state index is 11.3. The number of aliphatic hydroxyl groups excluding tert-OH is 1. The van der Waals surface area contributed by atoms with Crippen molar-refractivity contribution < 1.29 is 14.6 Å². The van der Waals surface area contributed by atoms with E-state index in [4.69, 9.17) is 5.11 Å². The number of hydrogen-bond acceptors (Lipinski definition) is 4. The lowest BCUT2D eigenvalue weighted by Gasteiger charge is -2.06. The van der Waals surface area contributed by atoms with Crippen molar-refractivity contribution in [2.75, 3.05) is 0 Å². The number of aromatic amines is 1. The Morgan fingerprint density at radius 3 is 2.22 bits per heavy atom. The summed E-state index contributed by atoms with van der Waals surface area (Å²) >= 11 is 0. The lowest BCUT2D eigenvalue weighted by Crippen LogP contribution is -2.15. The molecule has 0 saturated heterocycles. The average Bonchev–Trinajstić information content (AvgIpc) is 2.89. The van der Waals surface area contributed by atoms with Crippen LogP contribution in [0.15, 0.2) is 17.2 Å². The molecule has 6 heteroatoms. The Balaban J connectivity index is 1.82. The Bertz CT molecular complexity index is 479. The molecule has 1 atom stereocenters. The minimum Gasteiger partial charge on any atom is -0.436 e. The summed E-state index contributed by atoms with van der Waals surface area (Å²) in [5.74, 6) is -0.318. The third-order valence-electron chi connectivity index (χ3n) is 3.80. The van der Waals surface area contributed by atoms with Gasteiger partial charge in [-0.15, -0.1) is 0 Å². The van der Waals surface area contributed by atoms with Crippen LogP contribution >= 0.6 is 0 Å². The van der Waals surface area contributed by atoms with E-state index in [0.717, 1.165) is 38.6 Å². The summed E-state index contributed by atoms with van der Waals surface area (Å²) in [6.45, 7) is 2.24. The standard InChI is InChI=1S/C17H30N2O4/c1-15(20)23-16(21)11-9-7-5-3-2-4-6-8-10-13-19-14-12-18-17(19)22/h12,14-15,20H,2-11,13H2,1H3,(H,18,22). The Morgan fingerprint density at radius 2 is 1.70 bits per heavy atom. The van der Waals surface area contributed by atoms with Crippen LogP contribution in [0.25, 0.3) is 0 Å². The van der Waals surface area contributed by atoms with E-state index in [0.29, 0.717) is 6.42 Å². The minimum atomic E-state index is -1.00. The molecule has 1 unspecified atom stereocenters. The fourth-order valence-corrected chi connectivity index (χ4v) is 2.56. The van der Waals surface area contributed by atoms with Gasteiger partial charge in [0.15, 0.2) is 6.29 Å². The van der Waals surface area contributed by atoms with E-state index in [1.54, 1.807) is 17.0 Å². The number of ether oxygens (including phenoxy) is 1. The van der Waals surface area contributed by atoms with Gasteiger partial charge in [0, 0.05) is 25.4 Å². The number of aliphatic hydroxyl groups is 1. The molecule has 0 bridgehead atoms. The Hall–Kier alpha value is -1.56. The van der Waals surface area contributed by atoms with Gasteiger partial charge in [-0.25, -0.2) is 4.79 Å². The number of aryl methyl sites for hydroxylation is 1. The average molecular weight is 326 g/mol. The largest absolute Gasteiger partial charge is 0.436 e. The monoisotopic (exact) mass is 326 g/mol. The molecule has 2 N–H and O–H groups in total. The zero-order valence-electron chi connectivity index (χ0n) is 14.1. The second kappa shape index (κ2) is 11.9. The summed E-state index contributed by atoms with van der Waals surface area (Å²) in [5, 5.41) is 8.89. The number of rotatable bonds is 13. The van der Waals surface area contributed by atoms with Crippen molar-refractivity contribution in [2.24, 2.45) is 0 Å². The summed E-state index contributed by atoms with van der Waals surface area (Å²) in [4.78, 5) is 25.1. The Morgan fingerprint density at radius 1 is 1.13 bits per heavy atom. The Kier molecular flexibility index (Phi) is 10.1. The van der Waals surface area contributed by atoms with E-state index in [9.17, 15) is 9.59 Å². The van der Waals surface area contributed by atoms with Gasteiger partial charge < -0.3 is 14.8 Å². The first kappa shape index (κ1) is 19.5. The highest BCUT2D eigenvalue weighted by Gasteiger charge is 2.05. The molecular weight excluding hydrogens is 296 g/mol. The second-order valence-electron chi connectivity index (χ2n) is 5.98. The summed E-state index contributed by atoms with van der Waals surface area (Å²) in [6, 6.07) is 0. The first-order valence-electron chi connectivity index (χ1n) is 8.71. The minimum absolute atomic E-state index is 0.0256. The molecule has 0 aromatic carbocycles. The van der Waals surface area contributed by atoms with Gasteiger partial charge >= 0.3 is 11.7 Å². The summed E-state index contributed by atoms with van der Waals surface area (Å²) in [7, 11) is 0. The van der Waals surface area contributed by atoms with E-state index >= 15 is 0 Å². The van der Waals surface area contributed by atoms with Crippen LogP contribution < -0.4 is 5.69 Å². The molecule has 0 amide bonds. The van der Waals surface area contributed by atoms with Gasteiger partial charge in [-0.05, 0) is 19.8 Å². The van der Waals surface area contributed by atoms with Crippen molar-refractivity contribution in [1.29, 1.82) is 0 Å². The molecule has 0 aliphatic carbocycles. The van der Waals surface area contributed by atoms with Crippen LogP contribution in [0.5, 0.6) is 0 Å². The van der Waals surface area contributed by atoms with Gasteiger partial charge in [-0.2, -0.15) is 0 Å². The molecule has 0 saturated carbocycles. The van der Waals surface area contributed by atoms with Crippen molar-refractivity contribution in [3.63, 3.8) is 0 Å². The molecule has 132 valence electrons. The van der Waals surface area contributed by atoms with E-state index in [1.807, 2.05) is 0 Å². The maximum Gasteiger partial charge on any atom is 0.325 e. The predicted molar refractivity (Wildman–Crippen MR) is 89.0 cm³/mol. The normalized spacial score (nSPS) is 12.3. The maximum absolute atomic E-state index is 11.3. The number of unbranched alkanes of at least 4 members (excludes halogenated alkanes) is 8. The van der Waals surface area contributed by atoms with Gasteiger partial charge in [0.05, 0.1) is 0 Å². The number of carbonyl (C=O) groups is 1. The molecule has 1 heterocycles. The number of hydrogen-bond donors (Lipinski definition) is 2. The number of nitrogens with one attached hydrogen (secondary N) is 1. The smallest absolute Gasteiger partial charge is 0.325 e. The molecule has 1 aromatic heterocycles. The highest BCUT2D eigenvalue weighted by atomic mass is 16.6. The first-order valence-corrected chi connectivity index (χ1v) is 8.71. The van der Waals surface area contributed by atoms with Crippen molar-refractivity contribution in [3.8, 4) is 0 Å². The summed E-state index contributed by atoms with van der Waals surface area (Å²) in [6.07, 6.45) is 12.9. The van der Waals surface area contributed by atoms with E-state index in [-0.39, 0.29) is 11.7 Å². The number of imidazole rings is 1. The molecular formula is C17H30N2O4. The first-order chi connectivity index (χ1) is 11.1. The van der Waals surface area contributed by atoms with E-state index in [1.165, 1.54) is 32.6 Å². The van der Waals surface area contributed by atoms with Crippen molar-refractivity contribution in [2.45, 2.75) is 84.0 Å². The molecule has 1 aromatic rings. The lowest BCUT2D eigenvalue weighted by molar-refractivity contribution is -0.164. The van der Waals surface area contributed by atoms with Gasteiger partial charge in [0.25, 0.3) is 0 Å². The summed E-state index contributed by atoms with van der Waals surface area (Å²) in [5.41, 5.74) is -0.0256. The van der Waals surface area contributed by atoms with E-state index in [2.05, 4.69) is 9.72 Å². The van der Waals surface area contributed by atoms with Crippen LogP contribution in [0.4, 0.5) is 0 Å². The molecule has 0 radical (unpaired) electrons. The number of nitrogens with zero attached hydrogens (tertiary/aromatic N) is 1. The molecule has 23 heavy (non-hydrogen) atoms. The van der Waals surface area contributed by atoms with Crippen molar-refractivity contribution in [3.05, 3.63) is 22.9 Å². The third kappa shape index (κ3) is 9.94.